The summed E-state index contributed by atoms with van der Waals surface area (Å²) in [6.45, 7) is 11.1. The van der Waals surface area contributed by atoms with Crippen LogP contribution in [0.25, 0.3) is 0 Å². The summed E-state index contributed by atoms with van der Waals surface area (Å²) in [5.74, 6) is 3.63. The number of ether oxygens (including phenoxy) is 1. The van der Waals surface area contributed by atoms with Crippen molar-refractivity contribution in [2.75, 3.05) is 0 Å². The molecule has 4 aliphatic rings. The number of fused-ring (bicyclic) bond motifs is 5. The van der Waals surface area contributed by atoms with E-state index in [1.54, 1.807) is 6.92 Å². The zero-order chi connectivity index (χ0) is 20.3. The Morgan fingerprint density at radius 1 is 1.07 bits per heavy atom. The minimum absolute atomic E-state index is 0.104. The Labute approximate surface area is 171 Å². The summed E-state index contributed by atoms with van der Waals surface area (Å²) in [7, 11) is 0. The average Bonchev–Trinajstić information content (AvgIpc) is 2.89. The van der Waals surface area contributed by atoms with Crippen molar-refractivity contribution in [1.29, 1.82) is 0 Å². The van der Waals surface area contributed by atoms with Crippen LogP contribution in [0.4, 0.5) is 0 Å². The fourth-order valence-corrected chi connectivity index (χ4v) is 8.88. The number of hydrogen-bond donors (Lipinski definition) is 0. The average molecular weight is 389 g/mol. The SMILES string of the molecule is CCC[C@]1(OC(C)=O)CC[C@H]2[C@@H]3CC[C@H]4CC(=O)C[C@H](C)[C@]4(C)[C@H]3CC[C@@]21C. The molecule has 4 fully saturated rings. The number of esters is 1. The first kappa shape index (κ1) is 20.4. The standard InChI is InChI=1S/C25H40O3/c1-6-11-25(28-17(3)26)13-10-21-20-8-7-18-15-19(27)14-16(2)24(18,5)22(20)9-12-23(21,25)4/h16,18,20-22H,6-15H2,1-5H3/t16-,18-,20-,21-,22-,23-,24-,25-/m0/s1. The number of ketones is 1. The fraction of sp³-hybridized carbons (Fsp3) is 0.920. The second-order valence-corrected chi connectivity index (χ2v) is 11.2. The van der Waals surface area contributed by atoms with Gasteiger partial charge in [0.25, 0.3) is 0 Å². The van der Waals surface area contributed by atoms with Gasteiger partial charge in [-0.1, -0.05) is 34.1 Å². The van der Waals surface area contributed by atoms with E-state index in [9.17, 15) is 9.59 Å². The van der Waals surface area contributed by atoms with Gasteiger partial charge in [-0.2, -0.15) is 0 Å². The molecule has 3 nitrogen and oxygen atoms in total. The highest BCUT2D eigenvalue weighted by Crippen LogP contribution is 2.70. The molecule has 28 heavy (non-hydrogen) atoms. The van der Waals surface area contributed by atoms with Crippen LogP contribution in [0.3, 0.4) is 0 Å². The van der Waals surface area contributed by atoms with Crippen LogP contribution in [-0.2, 0) is 14.3 Å². The van der Waals surface area contributed by atoms with Crippen LogP contribution >= 0.6 is 0 Å². The van der Waals surface area contributed by atoms with E-state index in [0.29, 0.717) is 29.0 Å². The Morgan fingerprint density at radius 3 is 2.46 bits per heavy atom. The highest BCUT2D eigenvalue weighted by Gasteiger charge is 2.66. The molecule has 0 unspecified atom stereocenters. The number of Topliss-reactive ketones (excluding diaryl/α,β-unsaturated/α-hetero) is 1. The molecule has 0 saturated heterocycles. The molecule has 0 N–H and O–H groups in total. The zero-order valence-corrected chi connectivity index (χ0v) is 18.7. The molecule has 0 amide bonds. The maximum atomic E-state index is 12.3. The van der Waals surface area contributed by atoms with E-state index in [0.717, 1.165) is 43.9 Å². The van der Waals surface area contributed by atoms with Crippen LogP contribution in [-0.4, -0.2) is 17.4 Å². The lowest BCUT2D eigenvalue weighted by Gasteiger charge is -2.63. The lowest BCUT2D eigenvalue weighted by molar-refractivity contribution is -0.192. The highest BCUT2D eigenvalue weighted by molar-refractivity contribution is 5.80. The van der Waals surface area contributed by atoms with Crippen molar-refractivity contribution in [3.63, 3.8) is 0 Å². The third kappa shape index (κ3) is 2.67. The van der Waals surface area contributed by atoms with E-state index in [4.69, 9.17) is 4.74 Å². The van der Waals surface area contributed by atoms with Crippen LogP contribution in [0, 0.1) is 40.4 Å². The quantitative estimate of drug-likeness (QED) is 0.561. The maximum Gasteiger partial charge on any atom is 0.303 e. The van der Waals surface area contributed by atoms with Crippen molar-refractivity contribution >= 4 is 11.8 Å². The minimum atomic E-state index is -0.255. The molecule has 158 valence electrons. The molecule has 0 radical (unpaired) electrons. The van der Waals surface area contributed by atoms with Crippen LogP contribution in [0.1, 0.15) is 98.8 Å². The van der Waals surface area contributed by atoms with Crippen molar-refractivity contribution in [3.05, 3.63) is 0 Å². The molecule has 0 aromatic rings. The molecule has 0 aliphatic heterocycles. The van der Waals surface area contributed by atoms with Crippen LogP contribution < -0.4 is 0 Å². The van der Waals surface area contributed by atoms with Gasteiger partial charge in [-0.3, -0.25) is 9.59 Å². The van der Waals surface area contributed by atoms with Crippen molar-refractivity contribution in [1.82, 2.24) is 0 Å². The van der Waals surface area contributed by atoms with Crippen LogP contribution in [0.5, 0.6) is 0 Å². The highest BCUT2D eigenvalue weighted by atomic mass is 16.6. The summed E-state index contributed by atoms with van der Waals surface area (Å²) in [6, 6.07) is 0. The fourth-order valence-electron chi connectivity index (χ4n) is 8.88. The Hall–Kier alpha value is -0.860. The van der Waals surface area contributed by atoms with Gasteiger partial charge in [0.05, 0.1) is 0 Å². The molecule has 3 heteroatoms. The van der Waals surface area contributed by atoms with Gasteiger partial charge in [-0.05, 0) is 80.0 Å². The molecule has 8 atom stereocenters. The summed E-state index contributed by atoms with van der Waals surface area (Å²) < 4.78 is 6.17. The first-order chi connectivity index (χ1) is 13.2. The monoisotopic (exact) mass is 388 g/mol. The third-order valence-electron chi connectivity index (χ3n) is 10.3. The predicted octanol–water partition coefficient (Wildman–Crippen LogP) is 5.95. The minimum Gasteiger partial charge on any atom is -0.459 e. The Morgan fingerprint density at radius 2 is 1.79 bits per heavy atom. The summed E-state index contributed by atoms with van der Waals surface area (Å²) >= 11 is 0. The summed E-state index contributed by atoms with van der Waals surface area (Å²) in [5, 5.41) is 0. The molecule has 4 rings (SSSR count). The van der Waals surface area contributed by atoms with Gasteiger partial charge in [0, 0.05) is 25.2 Å². The van der Waals surface area contributed by atoms with Gasteiger partial charge in [-0.15, -0.1) is 0 Å². The van der Waals surface area contributed by atoms with E-state index >= 15 is 0 Å². The normalized spacial score (nSPS) is 50.5. The third-order valence-corrected chi connectivity index (χ3v) is 10.3. The first-order valence-corrected chi connectivity index (χ1v) is 11.9. The molecule has 0 aromatic heterocycles. The molecule has 4 aliphatic carbocycles. The van der Waals surface area contributed by atoms with Crippen molar-refractivity contribution in [3.8, 4) is 0 Å². The molecule has 0 spiro atoms. The topological polar surface area (TPSA) is 43.4 Å². The Kier molecular flexibility index (Phi) is 4.99. The second-order valence-electron chi connectivity index (χ2n) is 11.2. The van der Waals surface area contributed by atoms with E-state index in [1.165, 1.54) is 32.1 Å². The molecule has 0 heterocycles. The van der Waals surface area contributed by atoms with E-state index in [1.807, 2.05) is 0 Å². The largest absolute Gasteiger partial charge is 0.459 e. The van der Waals surface area contributed by atoms with Crippen molar-refractivity contribution < 1.29 is 14.3 Å². The smallest absolute Gasteiger partial charge is 0.303 e. The van der Waals surface area contributed by atoms with Gasteiger partial charge < -0.3 is 4.74 Å². The van der Waals surface area contributed by atoms with Crippen LogP contribution in [0.15, 0.2) is 0 Å². The summed E-state index contributed by atoms with van der Waals surface area (Å²) in [6.07, 6.45) is 10.8. The number of hydrogen-bond acceptors (Lipinski definition) is 3. The van der Waals surface area contributed by atoms with Gasteiger partial charge in [-0.25, -0.2) is 0 Å². The van der Waals surface area contributed by atoms with Gasteiger partial charge in [0.1, 0.15) is 11.4 Å². The summed E-state index contributed by atoms with van der Waals surface area (Å²) in [4.78, 5) is 24.3. The summed E-state index contributed by atoms with van der Waals surface area (Å²) in [5.41, 5.74) is 0.178. The number of carbonyl (C=O) groups excluding carboxylic acids is 2. The van der Waals surface area contributed by atoms with Crippen LogP contribution in [0.2, 0.25) is 0 Å². The first-order valence-electron chi connectivity index (χ1n) is 11.9. The van der Waals surface area contributed by atoms with E-state index in [-0.39, 0.29) is 17.0 Å². The van der Waals surface area contributed by atoms with Crippen molar-refractivity contribution in [2.24, 2.45) is 40.4 Å². The van der Waals surface area contributed by atoms with E-state index in [2.05, 4.69) is 27.7 Å². The second kappa shape index (κ2) is 6.84. The molecular formula is C25H40O3. The molecular weight excluding hydrogens is 348 g/mol. The Balaban J connectivity index is 1.66. The zero-order valence-electron chi connectivity index (χ0n) is 18.7. The van der Waals surface area contributed by atoms with Crippen molar-refractivity contribution in [2.45, 2.75) is 104 Å². The van der Waals surface area contributed by atoms with E-state index < -0.39 is 0 Å². The molecule has 4 saturated carbocycles. The van der Waals surface area contributed by atoms with Gasteiger partial charge in [0.2, 0.25) is 0 Å². The number of rotatable bonds is 3. The lowest BCUT2D eigenvalue weighted by Crippen LogP contribution is -2.59. The van der Waals surface area contributed by atoms with Gasteiger partial charge in [0.15, 0.2) is 0 Å². The molecule has 0 bridgehead atoms. The molecule has 0 aromatic carbocycles. The predicted molar refractivity (Wildman–Crippen MR) is 111 cm³/mol. The maximum absolute atomic E-state index is 12.3. The number of carbonyl (C=O) groups is 2. The van der Waals surface area contributed by atoms with Gasteiger partial charge >= 0.3 is 5.97 Å². The Bertz CT molecular complexity index is 656. The lowest BCUT2D eigenvalue weighted by atomic mass is 9.42.